The van der Waals surface area contributed by atoms with Gasteiger partial charge in [-0.1, -0.05) is 11.6 Å². The second-order valence-electron chi connectivity index (χ2n) is 1.94. The van der Waals surface area contributed by atoms with Crippen molar-refractivity contribution in [2.75, 3.05) is 7.11 Å². The van der Waals surface area contributed by atoms with Crippen LogP contribution in [0.5, 0.6) is 5.75 Å². The zero-order chi connectivity index (χ0) is 8.43. The van der Waals surface area contributed by atoms with Gasteiger partial charge in [0.2, 0.25) is 0 Å². The Morgan fingerprint density at radius 1 is 1.55 bits per heavy atom. The van der Waals surface area contributed by atoms with Crippen LogP contribution in [0.1, 0.15) is 0 Å². The summed E-state index contributed by atoms with van der Waals surface area (Å²) in [7, 11) is 1.59. The van der Waals surface area contributed by atoms with E-state index in [1.165, 1.54) is 0 Å². The number of hydrogen-bond acceptors (Lipinski definition) is 2. The summed E-state index contributed by atoms with van der Waals surface area (Å²) >= 11 is 13.2. The molecule has 1 nitrogen and oxygen atoms in total. The number of benzene rings is 1. The third-order valence-electron chi connectivity index (χ3n) is 1.19. The van der Waals surface area contributed by atoms with E-state index in [9.17, 15) is 0 Å². The molecule has 0 radical (unpaired) electrons. The molecular weight excluding hydrogens is 247 g/mol. The number of halogens is 2. The molecular formula is C7H6BrClOS. The molecule has 0 aliphatic heterocycles. The van der Waals surface area contributed by atoms with Crippen molar-refractivity contribution in [1.82, 2.24) is 0 Å². The Kier molecular flexibility index (Phi) is 3.10. The SMILES string of the molecule is COc1c(S)cc(Cl)cc1Br. The van der Waals surface area contributed by atoms with E-state index in [0.29, 0.717) is 10.8 Å². The molecule has 0 aliphatic carbocycles. The van der Waals surface area contributed by atoms with Gasteiger partial charge in [-0.25, -0.2) is 0 Å². The number of methoxy groups -OCH3 is 1. The highest BCUT2D eigenvalue weighted by atomic mass is 79.9. The van der Waals surface area contributed by atoms with E-state index in [4.69, 9.17) is 16.3 Å². The zero-order valence-corrected chi connectivity index (χ0v) is 9.00. The fraction of sp³-hybridized carbons (Fsp3) is 0.143. The van der Waals surface area contributed by atoms with Gasteiger partial charge in [0.25, 0.3) is 0 Å². The molecule has 0 saturated carbocycles. The molecule has 0 amide bonds. The Balaban J connectivity index is 3.25. The van der Waals surface area contributed by atoms with Gasteiger partial charge in [-0.2, -0.15) is 0 Å². The molecule has 1 rings (SSSR count). The number of thiol groups is 1. The minimum atomic E-state index is 0.641. The standard InChI is InChI=1S/C7H6BrClOS/c1-10-7-5(8)2-4(9)3-6(7)11/h2-3,11H,1H3. The van der Waals surface area contributed by atoms with Crippen molar-refractivity contribution in [3.8, 4) is 5.75 Å². The van der Waals surface area contributed by atoms with Crippen molar-refractivity contribution in [3.63, 3.8) is 0 Å². The van der Waals surface area contributed by atoms with E-state index < -0.39 is 0 Å². The first kappa shape index (κ1) is 9.23. The van der Waals surface area contributed by atoms with Crippen LogP contribution >= 0.6 is 40.2 Å². The van der Waals surface area contributed by atoms with Gasteiger partial charge in [-0.15, -0.1) is 12.6 Å². The van der Waals surface area contributed by atoms with Gasteiger partial charge < -0.3 is 4.74 Å². The molecule has 0 fully saturated rings. The van der Waals surface area contributed by atoms with Crippen LogP contribution in [0.25, 0.3) is 0 Å². The highest BCUT2D eigenvalue weighted by molar-refractivity contribution is 9.10. The van der Waals surface area contributed by atoms with Crippen LogP contribution in [0.2, 0.25) is 5.02 Å². The lowest BCUT2D eigenvalue weighted by atomic mass is 10.3. The second-order valence-corrected chi connectivity index (χ2v) is 3.71. The first-order valence-electron chi connectivity index (χ1n) is 2.87. The highest BCUT2D eigenvalue weighted by Gasteiger charge is 2.04. The van der Waals surface area contributed by atoms with Crippen LogP contribution in [0.4, 0.5) is 0 Å². The molecule has 0 heterocycles. The van der Waals surface area contributed by atoms with Crippen molar-refractivity contribution >= 4 is 40.2 Å². The normalized spacial score (nSPS) is 9.82. The third kappa shape index (κ3) is 2.04. The van der Waals surface area contributed by atoms with Crippen LogP contribution in [-0.4, -0.2) is 7.11 Å². The number of ether oxygens (including phenoxy) is 1. The van der Waals surface area contributed by atoms with Gasteiger partial charge in [0.1, 0.15) is 5.75 Å². The Morgan fingerprint density at radius 2 is 2.18 bits per heavy atom. The Hall–Kier alpha value is 0.140. The first-order valence-corrected chi connectivity index (χ1v) is 4.49. The Bertz CT molecular complexity index is 254. The second kappa shape index (κ2) is 3.70. The summed E-state index contributed by atoms with van der Waals surface area (Å²) in [5, 5.41) is 0.641. The lowest BCUT2D eigenvalue weighted by Gasteiger charge is -2.05. The van der Waals surface area contributed by atoms with E-state index in [2.05, 4.69) is 28.6 Å². The van der Waals surface area contributed by atoms with Gasteiger partial charge >= 0.3 is 0 Å². The van der Waals surface area contributed by atoms with Crippen LogP contribution < -0.4 is 4.74 Å². The minimum Gasteiger partial charge on any atom is -0.494 e. The molecule has 0 spiro atoms. The highest BCUT2D eigenvalue weighted by Crippen LogP contribution is 2.34. The van der Waals surface area contributed by atoms with Crippen molar-refractivity contribution in [2.45, 2.75) is 4.90 Å². The van der Waals surface area contributed by atoms with Crippen molar-refractivity contribution in [1.29, 1.82) is 0 Å². The number of rotatable bonds is 1. The minimum absolute atomic E-state index is 0.641. The predicted molar refractivity (Wildman–Crippen MR) is 53.0 cm³/mol. The van der Waals surface area contributed by atoms with E-state index >= 15 is 0 Å². The molecule has 1 aromatic carbocycles. The molecule has 1 aromatic rings. The Labute approximate surface area is 84.2 Å². The largest absolute Gasteiger partial charge is 0.494 e. The number of hydrogen-bond donors (Lipinski definition) is 1. The molecule has 4 heteroatoms. The van der Waals surface area contributed by atoms with E-state index in [-0.39, 0.29) is 0 Å². The van der Waals surface area contributed by atoms with Crippen LogP contribution in [0, 0.1) is 0 Å². The van der Waals surface area contributed by atoms with Crippen molar-refractivity contribution in [2.24, 2.45) is 0 Å². The van der Waals surface area contributed by atoms with Crippen molar-refractivity contribution < 1.29 is 4.74 Å². The molecule has 0 bridgehead atoms. The summed E-state index contributed by atoms with van der Waals surface area (Å²) < 4.78 is 5.87. The zero-order valence-electron chi connectivity index (χ0n) is 5.77. The summed E-state index contributed by atoms with van der Waals surface area (Å²) in [5.74, 6) is 0.706. The molecule has 60 valence electrons. The lowest BCUT2D eigenvalue weighted by molar-refractivity contribution is 0.402. The average molecular weight is 254 g/mol. The molecule has 0 atom stereocenters. The van der Waals surface area contributed by atoms with Crippen molar-refractivity contribution in [3.05, 3.63) is 21.6 Å². The van der Waals surface area contributed by atoms with Gasteiger partial charge in [-0.05, 0) is 28.1 Å². The van der Waals surface area contributed by atoms with Gasteiger partial charge in [-0.3, -0.25) is 0 Å². The smallest absolute Gasteiger partial charge is 0.146 e. The monoisotopic (exact) mass is 252 g/mol. The summed E-state index contributed by atoms with van der Waals surface area (Å²) in [6.07, 6.45) is 0. The fourth-order valence-corrected chi connectivity index (χ4v) is 2.30. The summed E-state index contributed by atoms with van der Waals surface area (Å²) in [6.45, 7) is 0. The quantitative estimate of drug-likeness (QED) is 0.755. The summed E-state index contributed by atoms with van der Waals surface area (Å²) in [5.41, 5.74) is 0. The predicted octanol–water partition coefficient (Wildman–Crippen LogP) is 3.40. The topological polar surface area (TPSA) is 9.23 Å². The van der Waals surface area contributed by atoms with Gasteiger partial charge in [0.15, 0.2) is 0 Å². The molecule has 0 aliphatic rings. The molecule has 0 unspecified atom stereocenters. The molecule has 0 aromatic heterocycles. The van der Waals surface area contributed by atoms with E-state index in [1.54, 1.807) is 19.2 Å². The Morgan fingerprint density at radius 3 is 2.64 bits per heavy atom. The maximum atomic E-state index is 5.74. The molecule has 11 heavy (non-hydrogen) atoms. The molecule has 0 saturated heterocycles. The van der Waals surface area contributed by atoms with E-state index in [0.717, 1.165) is 9.37 Å². The first-order chi connectivity index (χ1) is 5.15. The summed E-state index contributed by atoms with van der Waals surface area (Å²) in [4.78, 5) is 0.729. The van der Waals surface area contributed by atoms with Crippen LogP contribution in [0.3, 0.4) is 0 Å². The van der Waals surface area contributed by atoms with Gasteiger partial charge in [0, 0.05) is 9.92 Å². The third-order valence-corrected chi connectivity index (χ3v) is 2.33. The van der Waals surface area contributed by atoms with Crippen LogP contribution in [-0.2, 0) is 0 Å². The summed E-state index contributed by atoms with van der Waals surface area (Å²) in [6, 6.07) is 3.49. The average Bonchev–Trinajstić information content (AvgIpc) is 1.85. The van der Waals surface area contributed by atoms with E-state index in [1.807, 2.05) is 0 Å². The lowest BCUT2D eigenvalue weighted by Crippen LogP contribution is -1.85. The fourth-order valence-electron chi connectivity index (χ4n) is 0.749. The maximum absolute atomic E-state index is 5.74. The van der Waals surface area contributed by atoms with Crippen LogP contribution in [0.15, 0.2) is 21.5 Å². The molecule has 0 N–H and O–H groups in total. The van der Waals surface area contributed by atoms with Gasteiger partial charge in [0.05, 0.1) is 11.6 Å². The maximum Gasteiger partial charge on any atom is 0.146 e.